The normalized spacial score (nSPS) is 19.1. The van der Waals surface area contributed by atoms with Crippen molar-refractivity contribution < 1.29 is 8.78 Å². The number of fused-ring (bicyclic) bond motifs is 1. The molecule has 0 saturated carbocycles. The molecule has 0 unspecified atom stereocenters. The number of halogens is 2. The molecule has 110 valence electrons. The van der Waals surface area contributed by atoms with Crippen molar-refractivity contribution in [1.29, 1.82) is 0 Å². The fraction of sp³-hybridized carbons (Fsp3) is 0.294. The van der Waals surface area contributed by atoms with Gasteiger partial charge in [0.1, 0.15) is 0 Å². The van der Waals surface area contributed by atoms with E-state index in [9.17, 15) is 8.78 Å². The number of benzene rings is 2. The van der Waals surface area contributed by atoms with Crippen molar-refractivity contribution >= 4 is 11.8 Å². The van der Waals surface area contributed by atoms with E-state index in [0.717, 1.165) is 17.6 Å². The molecule has 3 rings (SSSR count). The number of thioether (sulfide) groups is 1. The minimum atomic E-state index is -0.792. The zero-order valence-corrected chi connectivity index (χ0v) is 12.6. The topological polar surface area (TPSA) is 12.0 Å². The zero-order chi connectivity index (χ0) is 14.8. The van der Waals surface area contributed by atoms with Crippen LogP contribution < -0.4 is 5.32 Å². The van der Waals surface area contributed by atoms with Gasteiger partial charge in [0.2, 0.25) is 0 Å². The van der Waals surface area contributed by atoms with Crippen molar-refractivity contribution in [1.82, 2.24) is 5.32 Å². The highest BCUT2D eigenvalue weighted by atomic mass is 32.2. The molecule has 2 aromatic rings. The van der Waals surface area contributed by atoms with Crippen LogP contribution in [0.15, 0.2) is 42.5 Å². The van der Waals surface area contributed by atoms with Gasteiger partial charge in [0.25, 0.3) is 0 Å². The van der Waals surface area contributed by atoms with Crippen molar-refractivity contribution in [2.24, 2.45) is 0 Å². The lowest BCUT2D eigenvalue weighted by Crippen LogP contribution is -2.29. The fourth-order valence-corrected chi connectivity index (χ4v) is 3.88. The summed E-state index contributed by atoms with van der Waals surface area (Å²) in [5.41, 5.74) is 2.96. The van der Waals surface area contributed by atoms with Crippen LogP contribution >= 0.6 is 11.8 Å². The highest BCUT2D eigenvalue weighted by Crippen LogP contribution is 2.33. The van der Waals surface area contributed by atoms with Gasteiger partial charge in [-0.25, -0.2) is 8.78 Å². The second-order valence-electron chi connectivity index (χ2n) is 5.30. The number of rotatable bonds is 3. The molecule has 2 aromatic carbocycles. The monoisotopic (exact) mass is 305 g/mol. The lowest BCUT2D eigenvalue weighted by Gasteiger charge is -2.29. The molecule has 21 heavy (non-hydrogen) atoms. The molecule has 0 saturated heterocycles. The van der Waals surface area contributed by atoms with E-state index in [1.165, 1.54) is 11.1 Å². The molecule has 0 spiro atoms. The van der Waals surface area contributed by atoms with Crippen LogP contribution in [-0.2, 0) is 5.75 Å². The Bertz CT molecular complexity index is 644. The first-order valence-corrected chi connectivity index (χ1v) is 8.18. The Morgan fingerprint density at radius 2 is 1.95 bits per heavy atom. The Balaban J connectivity index is 1.83. The Morgan fingerprint density at radius 1 is 1.14 bits per heavy atom. The molecular formula is C17H17F2NS. The first-order chi connectivity index (χ1) is 10.2. The summed E-state index contributed by atoms with van der Waals surface area (Å²) in [6.45, 7) is 1.87. The van der Waals surface area contributed by atoms with Gasteiger partial charge in [-0.3, -0.25) is 0 Å². The second kappa shape index (κ2) is 6.16. The van der Waals surface area contributed by atoms with Gasteiger partial charge in [0.05, 0.1) is 0 Å². The zero-order valence-electron chi connectivity index (χ0n) is 11.8. The Morgan fingerprint density at radius 3 is 2.81 bits per heavy atom. The van der Waals surface area contributed by atoms with Crippen molar-refractivity contribution in [2.75, 3.05) is 5.75 Å². The van der Waals surface area contributed by atoms with Gasteiger partial charge in [0.15, 0.2) is 11.6 Å². The molecule has 1 heterocycles. The SMILES string of the molecule is C[C@H](N[C@H]1CSCc2ccccc21)c1cccc(F)c1F. The van der Waals surface area contributed by atoms with Crippen molar-refractivity contribution in [2.45, 2.75) is 24.8 Å². The number of nitrogens with one attached hydrogen (secondary N) is 1. The molecule has 4 heteroatoms. The fourth-order valence-electron chi connectivity index (χ4n) is 2.77. The Hall–Kier alpha value is -1.39. The lowest BCUT2D eigenvalue weighted by atomic mass is 9.99. The van der Waals surface area contributed by atoms with Gasteiger partial charge in [-0.05, 0) is 24.1 Å². The number of hydrogen-bond acceptors (Lipinski definition) is 2. The molecule has 0 bridgehead atoms. The third-order valence-electron chi connectivity index (χ3n) is 3.87. The molecule has 0 aliphatic carbocycles. The van der Waals surface area contributed by atoms with E-state index in [1.807, 2.05) is 30.8 Å². The summed E-state index contributed by atoms with van der Waals surface area (Å²) in [7, 11) is 0. The van der Waals surface area contributed by atoms with E-state index in [4.69, 9.17) is 0 Å². The molecule has 0 aromatic heterocycles. The Labute approximate surface area is 127 Å². The number of hydrogen-bond donors (Lipinski definition) is 1. The molecule has 1 nitrogen and oxygen atoms in total. The van der Waals surface area contributed by atoms with Crippen LogP contribution in [0.25, 0.3) is 0 Å². The summed E-state index contributed by atoms with van der Waals surface area (Å²) in [4.78, 5) is 0. The molecule has 1 aliphatic heterocycles. The van der Waals surface area contributed by atoms with E-state index in [0.29, 0.717) is 5.56 Å². The van der Waals surface area contributed by atoms with Gasteiger partial charge < -0.3 is 5.32 Å². The van der Waals surface area contributed by atoms with Crippen LogP contribution in [0.2, 0.25) is 0 Å². The molecule has 1 N–H and O–H groups in total. The standard InChI is InChI=1S/C17H17F2NS/c1-11(13-7-4-8-15(18)17(13)19)20-16-10-21-9-12-5-2-3-6-14(12)16/h2-8,11,16,20H,9-10H2,1H3/t11-,16-/m0/s1. The first kappa shape index (κ1) is 14.5. The van der Waals surface area contributed by atoms with Crippen molar-refractivity contribution in [3.05, 3.63) is 70.8 Å². The van der Waals surface area contributed by atoms with Gasteiger partial charge in [-0.1, -0.05) is 36.4 Å². The maximum absolute atomic E-state index is 13.9. The van der Waals surface area contributed by atoms with E-state index in [1.54, 1.807) is 12.1 Å². The van der Waals surface area contributed by atoms with E-state index >= 15 is 0 Å². The minimum absolute atomic E-state index is 0.164. The first-order valence-electron chi connectivity index (χ1n) is 7.02. The predicted molar refractivity (Wildman–Crippen MR) is 83.3 cm³/mol. The van der Waals surface area contributed by atoms with Crippen LogP contribution in [0, 0.1) is 11.6 Å². The molecular weight excluding hydrogens is 288 g/mol. The highest BCUT2D eigenvalue weighted by molar-refractivity contribution is 7.98. The third-order valence-corrected chi connectivity index (χ3v) is 4.96. The highest BCUT2D eigenvalue weighted by Gasteiger charge is 2.23. The van der Waals surface area contributed by atoms with Crippen LogP contribution in [0.3, 0.4) is 0 Å². The molecule has 0 radical (unpaired) electrons. The van der Waals surface area contributed by atoms with Crippen LogP contribution in [0.5, 0.6) is 0 Å². The summed E-state index contributed by atoms with van der Waals surface area (Å²) < 4.78 is 27.2. The maximum Gasteiger partial charge on any atom is 0.163 e. The summed E-state index contributed by atoms with van der Waals surface area (Å²) in [5, 5.41) is 3.43. The maximum atomic E-state index is 13.9. The summed E-state index contributed by atoms with van der Waals surface area (Å²) in [6, 6.07) is 12.6. The van der Waals surface area contributed by atoms with Gasteiger partial charge in [-0.2, -0.15) is 11.8 Å². The van der Waals surface area contributed by atoms with Crippen LogP contribution in [0.4, 0.5) is 8.78 Å². The van der Waals surface area contributed by atoms with Crippen LogP contribution in [0.1, 0.15) is 35.7 Å². The van der Waals surface area contributed by atoms with Crippen LogP contribution in [-0.4, -0.2) is 5.75 Å². The summed E-state index contributed by atoms with van der Waals surface area (Å²) in [5.74, 6) is 0.406. The molecule has 2 atom stereocenters. The minimum Gasteiger partial charge on any atom is -0.302 e. The average Bonchev–Trinajstić information content (AvgIpc) is 2.50. The second-order valence-corrected chi connectivity index (χ2v) is 6.33. The molecule has 0 fully saturated rings. The van der Waals surface area contributed by atoms with E-state index in [2.05, 4.69) is 17.4 Å². The summed E-state index contributed by atoms with van der Waals surface area (Å²) >= 11 is 1.86. The quantitative estimate of drug-likeness (QED) is 0.889. The van der Waals surface area contributed by atoms with Gasteiger partial charge in [-0.15, -0.1) is 0 Å². The Kier molecular flexibility index (Phi) is 4.27. The van der Waals surface area contributed by atoms with Crippen molar-refractivity contribution in [3.8, 4) is 0 Å². The van der Waals surface area contributed by atoms with Crippen molar-refractivity contribution in [3.63, 3.8) is 0 Å². The predicted octanol–water partition coefficient (Wildman–Crippen LogP) is 4.60. The summed E-state index contributed by atoms with van der Waals surface area (Å²) in [6.07, 6.45) is 0. The third kappa shape index (κ3) is 2.97. The lowest BCUT2D eigenvalue weighted by molar-refractivity contribution is 0.449. The van der Waals surface area contributed by atoms with Gasteiger partial charge >= 0.3 is 0 Å². The largest absolute Gasteiger partial charge is 0.302 e. The van der Waals surface area contributed by atoms with Gasteiger partial charge in [0, 0.05) is 29.2 Å². The molecule has 0 amide bonds. The smallest absolute Gasteiger partial charge is 0.163 e. The van der Waals surface area contributed by atoms with E-state index in [-0.39, 0.29) is 12.1 Å². The average molecular weight is 305 g/mol. The molecule has 1 aliphatic rings. The van der Waals surface area contributed by atoms with E-state index < -0.39 is 11.6 Å².